The number of benzene rings is 2. The second-order valence-corrected chi connectivity index (χ2v) is 9.13. The molecule has 0 radical (unpaired) electrons. The first-order valence-electron chi connectivity index (χ1n) is 10.2. The fraction of sp³-hybridized carbons (Fsp3) is 0.348. The van der Waals surface area contributed by atoms with E-state index in [1.165, 1.54) is 36.3 Å². The largest absolute Gasteiger partial charge is 0.497 e. The number of rotatable bonds is 11. The van der Waals surface area contributed by atoms with Crippen LogP contribution in [-0.4, -0.2) is 46.6 Å². The Bertz CT molecular complexity index is 1080. The highest BCUT2D eigenvalue weighted by atomic mass is 32.2. The number of ether oxygens (including phenoxy) is 2. The third-order valence-electron chi connectivity index (χ3n) is 4.73. The predicted molar refractivity (Wildman–Crippen MR) is 122 cm³/mol. The summed E-state index contributed by atoms with van der Waals surface area (Å²) in [5.74, 6) is -1.34. The number of nitrogens with zero attached hydrogens (tertiary/aromatic N) is 2. The normalized spacial score (nSPS) is 12.0. The number of anilines is 1. The average molecular weight is 474 g/mol. The van der Waals surface area contributed by atoms with Crippen LogP contribution in [0.15, 0.2) is 59.5 Å². The number of hydrogen-bond acceptors (Lipinski definition) is 7. The molecule has 0 unspecified atom stereocenters. The van der Waals surface area contributed by atoms with Gasteiger partial charge in [-0.15, -0.1) is 0 Å². The number of nitrogens with one attached hydrogen (secondary N) is 1. The summed E-state index contributed by atoms with van der Waals surface area (Å²) in [7, 11) is -2.56. The van der Waals surface area contributed by atoms with Crippen LogP contribution in [0.5, 0.6) is 5.75 Å². The van der Waals surface area contributed by atoms with E-state index >= 15 is 0 Å². The van der Waals surface area contributed by atoms with E-state index in [9.17, 15) is 18.0 Å². The molecule has 0 saturated heterocycles. The number of esters is 1. The topological polar surface area (TPSA) is 126 Å². The van der Waals surface area contributed by atoms with Crippen LogP contribution in [0.1, 0.15) is 20.3 Å². The first kappa shape index (κ1) is 25.8. The molecule has 0 aliphatic carbocycles. The van der Waals surface area contributed by atoms with Gasteiger partial charge in [0, 0.05) is 12.2 Å². The first-order valence-corrected chi connectivity index (χ1v) is 11.7. The molecule has 2 aromatic carbocycles. The van der Waals surface area contributed by atoms with Crippen LogP contribution < -0.4 is 14.4 Å². The van der Waals surface area contributed by atoms with Gasteiger partial charge in [-0.25, -0.2) is 8.42 Å². The zero-order chi connectivity index (χ0) is 24.4. The van der Waals surface area contributed by atoms with E-state index in [2.05, 4.69) is 4.72 Å². The van der Waals surface area contributed by atoms with Gasteiger partial charge in [-0.3, -0.25) is 9.59 Å². The molecule has 0 heterocycles. The van der Waals surface area contributed by atoms with Gasteiger partial charge in [0.2, 0.25) is 10.0 Å². The zero-order valence-corrected chi connectivity index (χ0v) is 19.5. The van der Waals surface area contributed by atoms with E-state index in [-0.39, 0.29) is 17.9 Å². The number of hydrogen-bond donors (Lipinski definition) is 1. The van der Waals surface area contributed by atoms with Crippen molar-refractivity contribution in [3.05, 3.63) is 54.6 Å². The molecule has 1 atom stereocenters. The van der Waals surface area contributed by atoms with Crippen molar-refractivity contribution >= 4 is 27.6 Å². The van der Waals surface area contributed by atoms with E-state index in [1.54, 1.807) is 44.2 Å². The number of carbonyl (C=O) groups excluding carboxylic acids is 2. The highest BCUT2D eigenvalue weighted by molar-refractivity contribution is 7.89. The summed E-state index contributed by atoms with van der Waals surface area (Å²) < 4.78 is 38.0. The Balaban J connectivity index is 2.09. The zero-order valence-electron chi connectivity index (χ0n) is 18.7. The van der Waals surface area contributed by atoms with Gasteiger partial charge in [-0.1, -0.05) is 32.0 Å². The SMILES string of the molecule is COc1ccc(S(=O)(=O)N[C@H](C(=O)OCC(=O)N(CCC#N)c2ccccc2)C(C)C)cc1. The van der Waals surface area contributed by atoms with Gasteiger partial charge < -0.3 is 14.4 Å². The lowest BCUT2D eigenvalue weighted by molar-refractivity contribution is -0.150. The van der Waals surface area contributed by atoms with Gasteiger partial charge >= 0.3 is 5.97 Å². The number of carbonyl (C=O) groups is 2. The Morgan fingerprint density at radius 3 is 2.27 bits per heavy atom. The van der Waals surface area contributed by atoms with Crippen molar-refractivity contribution in [2.75, 3.05) is 25.2 Å². The number of methoxy groups -OCH3 is 1. The molecule has 176 valence electrons. The second-order valence-electron chi connectivity index (χ2n) is 7.42. The van der Waals surface area contributed by atoms with E-state index in [0.717, 1.165) is 0 Å². The minimum absolute atomic E-state index is 0.0374. The summed E-state index contributed by atoms with van der Waals surface area (Å²) in [6, 6.07) is 15.2. The monoisotopic (exact) mass is 473 g/mol. The smallest absolute Gasteiger partial charge is 0.324 e. The van der Waals surface area contributed by atoms with E-state index < -0.39 is 40.5 Å². The Labute approximate surface area is 194 Å². The van der Waals surface area contributed by atoms with Crippen molar-refractivity contribution < 1.29 is 27.5 Å². The third kappa shape index (κ3) is 7.30. The van der Waals surface area contributed by atoms with E-state index in [0.29, 0.717) is 11.4 Å². The quantitative estimate of drug-likeness (QED) is 0.497. The molecular formula is C23H27N3O6S. The summed E-state index contributed by atoms with van der Waals surface area (Å²) in [6.45, 7) is 2.86. The molecule has 0 aliphatic heterocycles. The van der Waals surface area contributed by atoms with Gasteiger partial charge in [0.15, 0.2) is 6.61 Å². The maximum absolute atomic E-state index is 12.7. The Morgan fingerprint density at radius 1 is 1.09 bits per heavy atom. The van der Waals surface area contributed by atoms with Gasteiger partial charge in [-0.05, 0) is 42.3 Å². The molecule has 33 heavy (non-hydrogen) atoms. The van der Waals surface area contributed by atoms with Crippen LogP contribution in [0, 0.1) is 17.2 Å². The lowest BCUT2D eigenvalue weighted by atomic mass is 10.1. The Morgan fingerprint density at radius 2 is 1.73 bits per heavy atom. The summed E-state index contributed by atoms with van der Waals surface area (Å²) in [5.41, 5.74) is 0.564. The van der Waals surface area contributed by atoms with Crippen LogP contribution in [0.4, 0.5) is 5.69 Å². The molecule has 2 rings (SSSR count). The highest BCUT2D eigenvalue weighted by Gasteiger charge is 2.30. The van der Waals surface area contributed by atoms with Crippen molar-refractivity contribution in [3.63, 3.8) is 0 Å². The molecule has 1 N–H and O–H groups in total. The van der Waals surface area contributed by atoms with Crippen molar-refractivity contribution in [3.8, 4) is 11.8 Å². The molecule has 2 aromatic rings. The van der Waals surface area contributed by atoms with Crippen molar-refractivity contribution in [1.82, 2.24) is 4.72 Å². The maximum Gasteiger partial charge on any atom is 0.324 e. The molecule has 9 nitrogen and oxygen atoms in total. The Kier molecular flexibility index (Phi) is 9.39. The summed E-state index contributed by atoms with van der Waals surface area (Å²) >= 11 is 0. The second kappa shape index (κ2) is 12.0. The molecule has 0 bridgehead atoms. The maximum atomic E-state index is 12.7. The summed E-state index contributed by atoms with van der Waals surface area (Å²) in [4.78, 5) is 26.7. The number of para-hydroxylation sites is 1. The van der Waals surface area contributed by atoms with Crippen LogP contribution >= 0.6 is 0 Å². The van der Waals surface area contributed by atoms with Crippen molar-refractivity contribution in [2.24, 2.45) is 5.92 Å². The van der Waals surface area contributed by atoms with Crippen LogP contribution in [0.25, 0.3) is 0 Å². The minimum atomic E-state index is -4.02. The molecule has 0 fully saturated rings. The summed E-state index contributed by atoms with van der Waals surface area (Å²) in [6.07, 6.45) is 0.102. The predicted octanol–water partition coefficient (Wildman–Crippen LogP) is 2.49. The lowest BCUT2D eigenvalue weighted by Crippen LogP contribution is -2.46. The molecule has 1 amide bonds. The lowest BCUT2D eigenvalue weighted by Gasteiger charge is -2.24. The van der Waals surface area contributed by atoms with Gasteiger partial charge in [0.1, 0.15) is 11.8 Å². The number of nitriles is 1. The Hall–Kier alpha value is -3.42. The average Bonchev–Trinajstić information content (AvgIpc) is 2.81. The van der Waals surface area contributed by atoms with Crippen molar-refractivity contribution in [1.29, 1.82) is 5.26 Å². The van der Waals surface area contributed by atoms with E-state index in [4.69, 9.17) is 14.7 Å². The van der Waals surface area contributed by atoms with Crippen LogP contribution in [-0.2, 0) is 24.3 Å². The molecular weight excluding hydrogens is 446 g/mol. The number of sulfonamides is 1. The highest BCUT2D eigenvalue weighted by Crippen LogP contribution is 2.18. The van der Waals surface area contributed by atoms with Crippen LogP contribution in [0.3, 0.4) is 0 Å². The first-order chi connectivity index (χ1) is 15.7. The number of amides is 1. The molecule has 0 spiro atoms. The van der Waals surface area contributed by atoms with Crippen molar-refractivity contribution in [2.45, 2.75) is 31.2 Å². The molecule has 0 aromatic heterocycles. The van der Waals surface area contributed by atoms with Gasteiger partial charge in [0.05, 0.1) is 24.5 Å². The molecule has 10 heteroatoms. The fourth-order valence-electron chi connectivity index (χ4n) is 2.91. The molecule has 0 aliphatic rings. The van der Waals surface area contributed by atoms with Gasteiger partial charge in [0.25, 0.3) is 5.91 Å². The standard InChI is InChI=1S/C23H27N3O6S/c1-17(2)22(25-33(29,30)20-12-10-19(31-3)11-13-20)23(28)32-16-21(27)26(15-7-14-24)18-8-5-4-6-9-18/h4-6,8-13,17,22,25H,7,15-16H2,1-3H3/t22-/m0/s1. The van der Waals surface area contributed by atoms with E-state index in [1.807, 2.05) is 6.07 Å². The fourth-order valence-corrected chi connectivity index (χ4v) is 4.25. The third-order valence-corrected chi connectivity index (χ3v) is 6.18. The van der Waals surface area contributed by atoms with Crippen LogP contribution in [0.2, 0.25) is 0 Å². The molecule has 0 saturated carbocycles. The minimum Gasteiger partial charge on any atom is -0.497 e. The summed E-state index contributed by atoms with van der Waals surface area (Å²) in [5, 5.41) is 8.88. The van der Waals surface area contributed by atoms with Gasteiger partial charge in [-0.2, -0.15) is 9.98 Å².